The Hall–Kier alpha value is -2.11. The summed E-state index contributed by atoms with van der Waals surface area (Å²) in [5.74, 6) is 6.25. The normalized spacial score (nSPS) is 13.3. The zero-order valence-corrected chi connectivity index (χ0v) is 11.6. The van der Waals surface area contributed by atoms with Crippen LogP contribution >= 0.6 is 11.6 Å². The van der Waals surface area contributed by atoms with Gasteiger partial charge in [0.15, 0.2) is 5.78 Å². The number of carbonyl (C=O) groups is 1. The molecular formula is C17H12ClNO. The van der Waals surface area contributed by atoms with Gasteiger partial charge in [0.2, 0.25) is 0 Å². The highest BCUT2D eigenvalue weighted by Crippen LogP contribution is 2.19. The van der Waals surface area contributed by atoms with Gasteiger partial charge in [0.05, 0.1) is 5.69 Å². The number of hydrogen-bond donors (Lipinski definition) is 0. The van der Waals surface area contributed by atoms with Crippen LogP contribution in [0.25, 0.3) is 0 Å². The summed E-state index contributed by atoms with van der Waals surface area (Å²) in [5, 5.41) is 0.667. The molecule has 0 fully saturated rings. The molecule has 0 unspecified atom stereocenters. The molecule has 20 heavy (non-hydrogen) atoms. The van der Waals surface area contributed by atoms with Crippen LogP contribution in [0.1, 0.15) is 40.2 Å². The Labute approximate surface area is 122 Å². The largest absolute Gasteiger partial charge is 0.294 e. The summed E-state index contributed by atoms with van der Waals surface area (Å²) in [6, 6.07) is 11.0. The molecule has 0 radical (unpaired) electrons. The topological polar surface area (TPSA) is 30.0 Å². The SMILES string of the molecule is O=C1CCCc2nc(C#Cc3cccc(Cl)c3)ccc21. The van der Waals surface area contributed by atoms with Crippen LogP contribution in [0.4, 0.5) is 0 Å². The summed E-state index contributed by atoms with van der Waals surface area (Å²) in [6.07, 6.45) is 2.36. The number of carbonyl (C=O) groups excluding carboxylic acids is 1. The van der Waals surface area contributed by atoms with Crippen LogP contribution < -0.4 is 0 Å². The third-order valence-corrected chi connectivity index (χ3v) is 3.49. The van der Waals surface area contributed by atoms with Gasteiger partial charge >= 0.3 is 0 Å². The third-order valence-electron chi connectivity index (χ3n) is 3.25. The number of hydrogen-bond acceptors (Lipinski definition) is 2. The average Bonchev–Trinajstić information content (AvgIpc) is 2.45. The molecule has 0 atom stereocenters. The summed E-state index contributed by atoms with van der Waals surface area (Å²) < 4.78 is 0. The van der Waals surface area contributed by atoms with Crippen LogP contribution in [0.3, 0.4) is 0 Å². The van der Waals surface area contributed by atoms with E-state index in [1.807, 2.05) is 30.3 Å². The van der Waals surface area contributed by atoms with E-state index < -0.39 is 0 Å². The zero-order valence-electron chi connectivity index (χ0n) is 10.8. The van der Waals surface area contributed by atoms with E-state index in [4.69, 9.17) is 11.6 Å². The lowest BCUT2D eigenvalue weighted by Crippen LogP contribution is -2.12. The Bertz CT molecular complexity index is 740. The fourth-order valence-electron chi connectivity index (χ4n) is 2.27. The first-order valence-electron chi connectivity index (χ1n) is 6.53. The maximum Gasteiger partial charge on any atom is 0.164 e. The van der Waals surface area contributed by atoms with Crippen molar-refractivity contribution in [2.24, 2.45) is 0 Å². The Kier molecular flexibility index (Phi) is 3.54. The molecule has 1 aliphatic rings. The van der Waals surface area contributed by atoms with E-state index in [9.17, 15) is 4.79 Å². The lowest BCUT2D eigenvalue weighted by molar-refractivity contribution is 0.0971. The molecule has 0 saturated heterocycles. The molecule has 1 aliphatic carbocycles. The first kappa shape index (κ1) is 12.9. The van der Waals surface area contributed by atoms with E-state index in [0.717, 1.165) is 29.7 Å². The van der Waals surface area contributed by atoms with Gasteiger partial charge in [-0.15, -0.1) is 0 Å². The van der Waals surface area contributed by atoms with Gasteiger partial charge in [0.25, 0.3) is 0 Å². The van der Waals surface area contributed by atoms with Crippen molar-refractivity contribution in [2.45, 2.75) is 19.3 Å². The second-order valence-electron chi connectivity index (χ2n) is 4.73. The second kappa shape index (κ2) is 5.48. The van der Waals surface area contributed by atoms with Crippen LogP contribution in [-0.4, -0.2) is 10.8 Å². The fourth-order valence-corrected chi connectivity index (χ4v) is 2.46. The molecule has 0 bridgehead atoms. The molecule has 2 nitrogen and oxygen atoms in total. The van der Waals surface area contributed by atoms with E-state index in [-0.39, 0.29) is 5.78 Å². The summed E-state index contributed by atoms with van der Waals surface area (Å²) >= 11 is 5.92. The Morgan fingerprint density at radius 3 is 2.85 bits per heavy atom. The van der Waals surface area contributed by atoms with Crippen LogP contribution in [0.2, 0.25) is 5.02 Å². The van der Waals surface area contributed by atoms with Crippen molar-refractivity contribution < 1.29 is 4.79 Å². The van der Waals surface area contributed by atoms with Gasteiger partial charge in [-0.2, -0.15) is 0 Å². The van der Waals surface area contributed by atoms with Gasteiger partial charge in [-0.25, -0.2) is 4.98 Å². The number of rotatable bonds is 0. The number of halogens is 1. The molecule has 1 aromatic carbocycles. The molecule has 3 heteroatoms. The van der Waals surface area contributed by atoms with E-state index in [1.54, 1.807) is 6.07 Å². The Morgan fingerprint density at radius 1 is 1.10 bits per heavy atom. The fraction of sp³-hybridized carbons (Fsp3) is 0.176. The molecule has 0 amide bonds. The van der Waals surface area contributed by atoms with E-state index in [0.29, 0.717) is 17.1 Å². The lowest BCUT2D eigenvalue weighted by Gasteiger charge is -2.12. The smallest absolute Gasteiger partial charge is 0.164 e. The Morgan fingerprint density at radius 2 is 2.00 bits per heavy atom. The van der Waals surface area contributed by atoms with E-state index in [2.05, 4.69) is 16.8 Å². The van der Waals surface area contributed by atoms with Crippen molar-refractivity contribution in [3.8, 4) is 11.8 Å². The van der Waals surface area contributed by atoms with Gasteiger partial charge in [0.1, 0.15) is 5.69 Å². The Balaban J connectivity index is 1.91. The van der Waals surface area contributed by atoms with Crippen molar-refractivity contribution >= 4 is 17.4 Å². The number of benzene rings is 1. The van der Waals surface area contributed by atoms with Crippen molar-refractivity contribution in [3.63, 3.8) is 0 Å². The number of nitrogens with zero attached hydrogens (tertiary/aromatic N) is 1. The van der Waals surface area contributed by atoms with Crippen LogP contribution in [0, 0.1) is 11.8 Å². The molecule has 0 saturated carbocycles. The van der Waals surface area contributed by atoms with Crippen molar-refractivity contribution in [2.75, 3.05) is 0 Å². The van der Waals surface area contributed by atoms with Crippen molar-refractivity contribution in [1.82, 2.24) is 4.98 Å². The number of fused-ring (bicyclic) bond motifs is 1. The lowest BCUT2D eigenvalue weighted by atomic mass is 9.94. The molecule has 3 rings (SSSR count). The molecule has 0 spiro atoms. The second-order valence-corrected chi connectivity index (χ2v) is 5.16. The average molecular weight is 282 g/mol. The molecule has 0 aliphatic heterocycles. The number of Topliss-reactive ketones (excluding diaryl/α,β-unsaturated/α-hetero) is 1. The minimum Gasteiger partial charge on any atom is -0.294 e. The molecule has 1 heterocycles. The van der Waals surface area contributed by atoms with Crippen LogP contribution in [-0.2, 0) is 6.42 Å². The maximum atomic E-state index is 11.7. The first-order chi connectivity index (χ1) is 9.72. The van der Waals surface area contributed by atoms with Gasteiger partial charge in [-0.05, 0) is 49.1 Å². The predicted molar refractivity (Wildman–Crippen MR) is 78.9 cm³/mol. The number of aryl methyl sites for hydroxylation is 1. The number of aromatic nitrogens is 1. The van der Waals surface area contributed by atoms with Gasteiger partial charge in [0, 0.05) is 22.6 Å². The molecule has 2 aromatic rings. The van der Waals surface area contributed by atoms with E-state index in [1.165, 1.54) is 0 Å². The van der Waals surface area contributed by atoms with Crippen LogP contribution in [0.5, 0.6) is 0 Å². The zero-order chi connectivity index (χ0) is 13.9. The number of pyridine rings is 1. The summed E-state index contributed by atoms with van der Waals surface area (Å²) in [5.41, 5.74) is 3.18. The monoisotopic (exact) mass is 281 g/mol. The minimum absolute atomic E-state index is 0.188. The molecular weight excluding hydrogens is 270 g/mol. The molecule has 1 aromatic heterocycles. The predicted octanol–water partition coefficient (Wildman–Crippen LogP) is 3.65. The van der Waals surface area contributed by atoms with Gasteiger partial charge < -0.3 is 0 Å². The molecule has 0 N–H and O–H groups in total. The van der Waals surface area contributed by atoms with E-state index >= 15 is 0 Å². The van der Waals surface area contributed by atoms with Crippen LogP contribution in [0.15, 0.2) is 36.4 Å². The highest BCUT2D eigenvalue weighted by molar-refractivity contribution is 6.30. The van der Waals surface area contributed by atoms with Crippen molar-refractivity contribution in [3.05, 3.63) is 63.9 Å². The maximum absolute atomic E-state index is 11.7. The quantitative estimate of drug-likeness (QED) is 0.690. The summed E-state index contributed by atoms with van der Waals surface area (Å²) in [6.45, 7) is 0. The van der Waals surface area contributed by atoms with Gasteiger partial charge in [-0.3, -0.25) is 4.79 Å². The highest BCUT2D eigenvalue weighted by atomic mass is 35.5. The minimum atomic E-state index is 0.188. The summed E-state index contributed by atoms with van der Waals surface area (Å²) in [4.78, 5) is 16.2. The first-order valence-corrected chi connectivity index (χ1v) is 6.91. The highest BCUT2D eigenvalue weighted by Gasteiger charge is 2.17. The summed E-state index contributed by atoms with van der Waals surface area (Å²) in [7, 11) is 0. The molecule has 98 valence electrons. The van der Waals surface area contributed by atoms with Crippen molar-refractivity contribution in [1.29, 1.82) is 0 Å². The third kappa shape index (κ3) is 2.74. The standard InChI is InChI=1S/C17H12ClNO/c18-13-4-1-3-12(11-13)7-8-14-9-10-15-16(19-14)5-2-6-17(15)20/h1,3-4,9-11H,2,5-6H2. The number of ketones is 1. The van der Waals surface area contributed by atoms with Gasteiger partial charge in [-0.1, -0.05) is 23.6 Å².